The van der Waals surface area contributed by atoms with E-state index in [9.17, 15) is 9.59 Å². The Morgan fingerprint density at radius 1 is 1.00 bits per heavy atom. The number of ether oxygens (including phenoxy) is 2. The van der Waals surface area contributed by atoms with Crippen molar-refractivity contribution in [3.05, 3.63) is 65.0 Å². The molecule has 1 fully saturated rings. The zero-order chi connectivity index (χ0) is 24.2. The van der Waals surface area contributed by atoms with Crippen molar-refractivity contribution in [2.24, 2.45) is 0 Å². The number of nitrogens with zero attached hydrogens (tertiary/aromatic N) is 3. The van der Waals surface area contributed by atoms with Crippen LogP contribution in [0.25, 0.3) is 5.69 Å². The van der Waals surface area contributed by atoms with Crippen LogP contribution in [-0.2, 0) is 11.2 Å². The van der Waals surface area contributed by atoms with Gasteiger partial charge in [-0.3, -0.25) is 9.59 Å². The molecule has 0 bridgehead atoms. The normalized spacial score (nSPS) is 13.1. The monoisotopic (exact) mass is 462 g/mol. The van der Waals surface area contributed by atoms with Crippen molar-refractivity contribution in [1.29, 1.82) is 0 Å². The lowest BCUT2D eigenvalue weighted by molar-refractivity contribution is -0.115. The van der Waals surface area contributed by atoms with Gasteiger partial charge in [0, 0.05) is 30.4 Å². The van der Waals surface area contributed by atoms with Gasteiger partial charge in [0.15, 0.2) is 11.5 Å². The van der Waals surface area contributed by atoms with Crippen molar-refractivity contribution >= 4 is 17.5 Å². The predicted octanol–water partition coefficient (Wildman–Crippen LogP) is 3.92. The first kappa shape index (κ1) is 23.4. The van der Waals surface area contributed by atoms with E-state index in [0.717, 1.165) is 35.5 Å². The lowest BCUT2D eigenvalue weighted by atomic mass is 10.1. The van der Waals surface area contributed by atoms with E-state index in [1.807, 2.05) is 48.9 Å². The molecule has 0 saturated carbocycles. The van der Waals surface area contributed by atoms with Crippen molar-refractivity contribution in [3.8, 4) is 17.2 Å². The number of carbonyl (C=O) groups excluding carboxylic acids is 2. The number of carbonyl (C=O) groups is 2. The zero-order valence-corrected chi connectivity index (χ0v) is 20.1. The lowest BCUT2D eigenvalue weighted by Crippen LogP contribution is -2.29. The molecule has 1 saturated heterocycles. The molecule has 2 heterocycles. The molecule has 34 heavy (non-hydrogen) atoms. The van der Waals surface area contributed by atoms with Crippen LogP contribution in [0.5, 0.6) is 11.5 Å². The number of hydrogen-bond donors (Lipinski definition) is 1. The molecule has 2 aromatic carbocycles. The molecule has 1 aromatic heterocycles. The summed E-state index contributed by atoms with van der Waals surface area (Å²) < 4.78 is 12.7. The average Bonchev–Trinajstić information content (AvgIpc) is 3.48. The molecule has 8 heteroatoms. The molecular formula is C26H30N4O4. The second kappa shape index (κ2) is 9.99. The van der Waals surface area contributed by atoms with Gasteiger partial charge in [0.1, 0.15) is 0 Å². The number of methoxy groups -OCH3 is 2. The topological polar surface area (TPSA) is 85.7 Å². The Hall–Kier alpha value is -3.81. The van der Waals surface area contributed by atoms with Crippen molar-refractivity contribution in [2.45, 2.75) is 33.1 Å². The molecule has 3 aromatic rings. The van der Waals surface area contributed by atoms with Crippen LogP contribution in [0.15, 0.2) is 42.5 Å². The molecule has 1 aliphatic rings. The largest absolute Gasteiger partial charge is 0.493 e. The Bertz CT molecular complexity index is 1200. The Morgan fingerprint density at radius 2 is 1.65 bits per heavy atom. The minimum Gasteiger partial charge on any atom is -0.493 e. The summed E-state index contributed by atoms with van der Waals surface area (Å²) in [6, 6.07) is 13.1. The Kier molecular flexibility index (Phi) is 6.86. The smallest absolute Gasteiger partial charge is 0.256 e. The summed E-state index contributed by atoms with van der Waals surface area (Å²) in [7, 11) is 3.05. The van der Waals surface area contributed by atoms with Gasteiger partial charge in [-0.15, -0.1) is 0 Å². The van der Waals surface area contributed by atoms with Crippen LogP contribution < -0.4 is 14.8 Å². The van der Waals surface area contributed by atoms with Crippen LogP contribution >= 0.6 is 0 Å². The van der Waals surface area contributed by atoms with Crippen molar-refractivity contribution in [1.82, 2.24) is 14.7 Å². The van der Waals surface area contributed by atoms with Gasteiger partial charge in [0.05, 0.1) is 43.3 Å². The maximum absolute atomic E-state index is 13.2. The van der Waals surface area contributed by atoms with Crippen LogP contribution in [-0.4, -0.2) is 53.8 Å². The van der Waals surface area contributed by atoms with E-state index in [2.05, 4.69) is 10.4 Å². The van der Waals surface area contributed by atoms with Gasteiger partial charge in [-0.1, -0.05) is 18.2 Å². The van der Waals surface area contributed by atoms with Crippen LogP contribution in [0, 0.1) is 13.8 Å². The molecule has 0 spiro atoms. The van der Waals surface area contributed by atoms with Gasteiger partial charge >= 0.3 is 0 Å². The molecule has 0 atom stereocenters. The molecule has 4 rings (SSSR count). The summed E-state index contributed by atoms with van der Waals surface area (Å²) in [5.41, 5.74) is 4.28. The number of para-hydroxylation sites is 1. The molecule has 0 unspecified atom stereocenters. The Labute approximate surface area is 199 Å². The first-order chi connectivity index (χ1) is 16.4. The van der Waals surface area contributed by atoms with Gasteiger partial charge < -0.3 is 19.7 Å². The number of anilines is 1. The van der Waals surface area contributed by atoms with E-state index in [4.69, 9.17) is 9.47 Å². The molecular weight excluding hydrogens is 432 g/mol. The van der Waals surface area contributed by atoms with E-state index < -0.39 is 0 Å². The van der Waals surface area contributed by atoms with E-state index in [0.29, 0.717) is 35.8 Å². The van der Waals surface area contributed by atoms with Gasteiger partial charge in [-0.05, 0) is 44.9 Å². The van der Waals surface area contributed by atoms with E-state index in [-0.39, 0.29) is 18.2 Å². The van der Waals surface area contributed by atoms with Crippen LogP contribution in [0.4, 0.5) is 5.69 Å². The van der Waals surface area contributed by atoms with E-state index >= 15 is 0 Å². The van der Waals surface area contributed by atoms with Crippen LogP contribution in [0.3, 0.4) is 0 Å². The molecule has 0 aliphatic carbocycles. The fraction of sp³-hybridized carbons (Fsp3) is 0.346. The average molecular weight is 463 g/mol. The third-order valence-electron chi connectivity index (χ3n) is 6.20. The maximum Gasteiger partial charge on any atom is 0.256 e. The number of nitrogens with one attached hydrogen (secondary N) is 1. The number of benzene rings is 2. The fourth-order valence-electron chi connectivity index (χ4n) is 4.36. The quantitative estimate of drug-likeness (QED) is 0.575. The van der Waals surface area contributed by atoms with Crippen molar-refractivity contribution in [2.75, 3.05) is 32.6 Å². The highest BCUT2D eigenvalue weighted by atomic mass is 16.5. The third kappa shape index (κ3) is 4.62. The Morgan fingerprint density at radius 3 is 2.29 bits per heavy atom. The lowest BCUT2D eigenvalue weighted by Gasteiger charge is -2.20. The van der Waals surface area contributed by atoms with Crippen molar-refractivity contribution < 1.29 is 19.1 Å². The molecule has 2 amide bonds. The zero-order valence-electron chi connectivity index (χ0n) is 20.1. The third-order valence-corrected chi connectivity index (χ3v) is 6.20. The fourth-order valence-corrected chi connectivity index (χ4v) is 4.36. The van der Waals surface area contributed by atoms with E-state index in [1.54, 1.807) is 17.0 Å². The predicted molar refractivity (Wildman–Crippen MR) is 130 cm³/mol. The van der Waals surface area contributed by atoms with Crippen LogP contribution in [0.1, 0.15) is 40.2 Å². The number of likely N-dealkylation sites (tertiary alicyclic amines) is 1. The first-order valence-corrected chi connectivity index (χ1v) is 11.4. The number of hydrogen-bond acceptors (Lipinski definition) is 5. The van der Waals surface area contributed by atoms with Gasteiger partial charge in [0.2, 0.25) is 5.91 Å². The number of amides is 2. The first-order valence-electron chi connectivity index (χ1n) is 11.4. The minimum absolute atomic E-state index is 0.127. The molecule has 178 valence electrons. The standard InChI is InChI=1S/C26H30N4O4/c1-17-20(18(2)30(28-17)19-10-6-5-7-11-19)15-25(31)27-22-16-24(34-4)23(33-3)14-21(22)26(32)29-12-8-9-13-29/h5-7,10-11,14,16H,8-9,12-13,15H2,1-4H3,(H,27,31). The second-order valence-electron chi connectivity index (χ2n) is 8.37. The molecule has 8 nitrogen and oxygen atoms in total. The van der Waals surface area contributed by atoms with Gasteiger partial charge in [-0.25, -0.2) is 4.68 Å². The molecule has 1 N–H and O–H groups in total. The summed E-state index contributed by atoms with van der Waals surface area (Å²) in [6.45, 7) is 5.26. The van der Waals surface area contributed by atoms with Gasteiger partial charge in [-0.2, -0.15) is 5.10 Å². The SMILES string of the molecule is COc1cc(NC(=O)Cc2c(C)nn(-c3ccccc3)c2C)c(C(=O)N2CCCC2)cc1OC. The second-order valence-corrected chi connectivity index (χ2v) is 8.37. The summed E-state index contributed by atoms with van der Waals surface area (Å²) in [4.78, 5) is 28.1. The summed E-state index contributed by atoms with van der Waals surface area (Å²) in [5.74, 6) is 0.526. The number of aromatic nitrogens is 2. The van der Waals surface area contributed by atoms with Crippen LogP contribution in [0.2, 0.25) is 0 Å². The Balaban J connectivity index is 1.62. The number of aryl methyl sites for hydroxylation is 1. The van der Waals surface area contributed by atoms with Gasteiger partial charge in [0.25, 0.3) is 5.91 Å². The molecule has 0 radical (unpaired) electrons. The number of rotatable bonds is 7. The summed E-state index contributed by atoms with van der Waals surface area (Å²) in [6.07, 6.45) is 2.09. The maximum atomic E-state index is 13.2. The summed E-state index contributed by atoms with van der Waals surface area (Å²) in [5, 5.41) is 7.56. The van der Waals surface area contributed by atoms with Crippen molar-refractivity contribution in [3.63, 3.8) is 0 Å². The molecule has 1 aliphatic heterocycles. The highest BCUT2D eigenvalue weighted by Crippen LogP contribution is 2.34. The highest BCUT2D eigenvalue weighted by Gasteiger charge is 2.25. The van der Waals surface area contributed by atoms with E-state index in [1.165, 1.54) is 14.2 Å². The highest BCUT2D eigenvalue weighted by molar-refractivity contribution is 6.05. The summed E-state index contributed by atoms with van der Waals surface area (Å²) >= 11 is 0. The minimum atomic E-state index is -0.235.